The Morgan fingerprint density at radius 3 is 2.54 bits per heavy atom. The maximum atomic E-state index is 5.18. The molecule has 0 aliphatic carbocycles. The first-order valence-corrected chi connectivity index (χ1v) is 9.30. The molecule has 0 unspecified atom stereocenters. The summed E-state index contributed by atoms with van der Waals surface area (Å²) in [5, 5.41) is 12.3. The Labute approximate surface area is 154 Å². The fraction of sp³-hybridized carbons (Fsp3) is 0.526. The Bertz CT molecular complexity index is 878. The summed E-state index contributed by atoms with van der Waals surface area (Å²) in [6.07, 6.45) is 1.08. The molecule has 3 aromatic heterocycles. The summed E-state index contributed by atoms with van der Waals surface area (Å²) in [7, 11) is 0. The van der Waals surface area contributed by atoms with E-state index in [2.05, 4.69) is 41.1 Å². The average molecular weight is 356 g/mol. The van der Waals surface area contributed by atoms with Crippen LogP contribution in [0.15, 0.2) is 16.7 Å². The van der Waals surface area contributed by atoms with Gasteiger partial charge in [0.1, 0.15) is 23.0 Å². The van der Waals surface area contributed by atoms with E-state index in [-0.39, 0.29) is 0 Å². The molecule has 0 radical (unpaired) electrons. The molecule has 3 rings (SSSR count). The molecular formula is C19H28N6O. The Morgan fingerprint density at radius 1 is 1.12 bits per heavy atom. The van der Waals surface area contributed by atoms with Crippen LogP contribution in [-0.2, 0) is 0 Å². The van der Waals surface area contributed by atoms with E-state index in [9.17, 15) is 0 Å². The van der Waals surface area contributed by atoms with Gasteiger partial charge in [-0.2, -0.15) is 9.61 Å². The molecule has 1 N–H and O–H groups in total. The Hall–Kier alpha value is -2.41. The standard InChI is InChI=1S/C19H28N6O/c1-6-24(7-2)10-8-9-20-19-14(4)15(5)21-18-12-16(22-25(18)19)17-11-13(3)26-23-17/h11-12,20H,6-10H2,1-5H3. The zero-order chi connectivity index (χ0) is 18.7. The number of rotatable bonds is 8. The summed E-state index contributed by atoms with van der Waals surface area (Å²) in [4.78, 5) is 7.10. The number of hydrogen-bond acceptors (Lipinski definition) is 6. The van der Waals surface area contributed by atoms with Gasteiger partial charge >= 0.3 is 0 Å². The van der Waals surface area contributed by atoms with Crippen molar-refractivity contribution in [1.29, 1.82) is 0 Å². The van der Waals surface area contributed by atoms with Gasteiger partial charge in [-0.05, 0) is 46.8 Å². The third-order valence-corrected chi connectivity index (χ3v) is 4.81. The third-order valence-electron chi connectivity index (χ3n) is 4.81. The second-order valence-electron chi connectivity index (χ2n) is 6.60. The first-order chi connectivity index (χ1) is 12.5. The predicted octanol–water partition coefficient (Wildman–Crippen LogP) is 3.45. The Kier molecular flexibility index (Phi) is 5.56. The van der Waals surface area contributed by atoms with Crippen LogP contribution in [0, 0.1) is 20.8 Å². The summed E-state index contributed by atoms with van der Waals surface area (Å²) in [6.45, 7) is 14.6. The molecule has 26 heavy (non-hydrogen) atoms. The van der Waals surface area contributed by atoms with E-state index in [4.69, 9.17) is 9.62 Å². The van der Waals surface area contributed by atoms with Gasteiger partial charge in [0.2, 0.25) is 0 Å². The largest absolute Gasteiger partial charge is 0.370 e. The van der Waals surface area contributed by atoms with Crippen LogP contribution in [0.2, 0.25) is 0 Å². The molecule has 0 saturated carbocycles. The van der Waals surface area contributed by atoms with E-state index in [0.29, 0.717) is 0 Å². The number of fused-ring (bicyclic) bond motifs is 1. The number of nitrogens with one attached hydrogen (secondary N) is 1. The van der Waals surface area contributed by atoms with Gasteiger partial charge in [-0.25, -0.2) is 4.98 Å². The molecule has 0 aliphatic heterocycles. The minimum atomic E-state index is 0.732. The van der Waals surface area contributed by atoms with E-state index >= 15 is 0 Å². The molecule has 0 fully saturated rings. The van der Waals surface area contributed by atoms with Crippen molar-refractivity contribution in [2.45, 2.75) is 41.0 Å². The lowest BCUT2D eigenvalue weighted by atomic mass is 10.2. The smallest absolute Gasteiger partial charge is 0.158 e. The number of aryl methyl sites for hydroxylation is 2. The lowest BCUT2D eigenvalue weighted by molar-refractivity contribution is 0.303. The maximum absolute atomic E-state index is 5.18. The van der Waals surface area contributed by atoms with Crippen LogP contribution in [-0.4, -0.2) is 50.8 Å². The normalized spacial score (nSPS) is 11.6. The van der Waals surface area contributed by atoms with Crippen molar-refractivity contribution in [1.82, 2.24) is 24.7 Å². The van der Waals surface area contributed by atoms with E-state index in [1.165, 1.54) is 0 Å². The first-order valence-electron chi connectivity index (χ1n) is 9.30. The lowest BCUT2D eigenvalue weighted by Crippen LogP contribution is -2.25. The fourth-order valence-electron chi connectivity index (χ4n) is 3.07. The molecule has 0 bridgehead atoms. The molecule has 140 valence electrons. The Morgan fingerprint density at radius 2 is 1.88 bits per heavy atom. The van der Waals surface area contributed by atoms with Gasteiger partial charge in [0, 0.05) is 29.9 Å². The van der Waals surface area contributed by atoms with Crippen molar-refractivity contribution in [3.63, 3.8) is 0 Å². The molecule has 7 nitrogen and oxygen atoms in total. The maximum Gasteiger partial charge on any atom is 0.158 e. The molecule has 7 heteroatoms. The fourth-order valence-corrected chi connectivity index (χ4v) is 3.07. The Balaban J connectivity index is 1.84. The number of nitrogens with zero attached hydrogens (tertiary/aromatic N) is 5. The van der Waals surface area contributed by atoms with Crippen LogP contribution in [0.1, 0.15) is 37.3 Å². The van der Waals surface area contributed by atoms with Gasteiger partial charge in [-0.3, -0.25) is 0 Å². The summed E-state index contributed by atoms with van der Waals surface area (Å²) in [5.74, 6) is 1.77. The van der Waals surface area contributed by atoms with Gasteiger partial charge in [0.05, 0.1) is 0 Å². The number of aromatic nitrogens is 4. The van der Waals surface area contributed by atoms with Crippen molar-refractivity contribution in [3.8, 4) is 11.4 Å². The molecule has 0 aromatic carbocycles. The van der Waals surface area contributed by atoms with Crippen LogP contribution >= 0.6 is 0 Å². The molecule has 0 aliphatic rings. The molecule has 0 atom stereocenters. The first kappa shape index (κ1) is 18.4. The molecule has 0 saturated heterocycles. The zero-order valence-corrected chi connectivity index (χ0v) is 16.3. The van der Waals surface area contributed by atoms with E-state index in [0.717, 1.165) is 72.5 Å². The van der Waals surface area contributed by atoms with Crippen molar-refractivity contribution in [2.75, 3.05) is 31.5 Å². The number of hydrogen-bond donors (Lipinski definition) is 1. The van der Waals surface area contributed by atoms with Crippen LogP contribution in [0.5, 0.6) is 0 Å². The van der Waals surface area contributed by atoms with E-state index in [1.807, 2.05) is 30.5 Å². The molecule has 3 aromatic rings. The molecular weight excluding hydrogens is 328 g/mol. The van der Waals surface area contributed by atoms with Crippen LogP contribution in [0.4, 0.5) is 5.82 Å². The summed E-state index contributed by atoms with van der Waals surface area (Å²) < 4.78 is 7.05. The minimum Gasteiger partial charge on any atom is -0.370 e. The summed E-state index contributed by atoms with van der Waals surface area (Å²) >= 11 is 0. The zero-order valence-electron chi connectivity index (χ0n) is 16.3. The van der Waals surface area contributed by atoms with Crippen molar-refractivity contribution in [2.24, 2.45) is 0 Å². The van der Waals surface area contributed by atoms with Crippen LogP contribution in [0.3, 0.4) is 0 Å². The van der Waals surface area contributed by atoms with Gasteiger partial charge in [-0.1, -0.05) is 19.0 Å². The minimum absolute atomic E-state index is 0.732. The predicted molar refractivity (Wildman–Crippen MR) is 104 cm³/mol. The summed E-state index contributed by atoms with van der Waals surface area (Å²) in [6, 6.07) is 3.84. The quantitative estimate of drug-likeness (QED) is 0.623. The van der Waals surface area contributed by atoms with Crippen molar-refractivity contribution in [3.05, 3.63) is 29.2 Å². The highest BCUT2D eigenvalue weighted by atomic mass is 16.5. The molecule has 0 amide bonds. The molecule has 3 heterocycles. The monoisotopic (exact) mass is 356 g/mol. The SMILES string of the molecule is CCN(CC)CCCNc1c(C)c(C)nc2cc(-c3cc(C)on3)nn12. The highest BCUT2D eigenvalue weighted by Crippen LogP contribution is 2.24. The highest BCUT2D eigenvalue weighted by Gasteiger charge is 2.15. The number of anilines is 1. The van der Waals surface area contributed by atoms with E-state index in [1.54, 1.807) is 0 Å². The topological polar surface area (TPSA) is 71.5 Å². The second-order valence-corrected chi connectivity index (χ2v) is 6.60. The average Bonchev–Trinajstić information content (AvgIpc) is 3.24. The summed E-state index contributed by atoms with van der Waals surface area (Å²) in [5.41, 5.74) is 4.44. The van der Waals surface area contributed by atoms with Gasteiger partial charge < -0.3 is 14.7 Å². The van der Waals surface area contributed by atoms with Crippen molar-refractivity contribution >= 4 is 11.5 Å². The second kappa shape index (κ2) is 7.86. The van der Waals surface area contributed by atoms with Gasteiger partial charge in [0.25, 0.3) is 0 Å². The third kappa shape index (κ3) is 3.72. The van der Waals surface area contributed by atoms with Gasteiger partial charge in [0.15, 0.2) is 5.65 Å². The van der Waals surface area contributed by atoms with Crippen LogP contribution < -0.4 is 5.32 Å². The molecule has 0 spiro atoms. The highest BCUT2D eigenvalue weighted by molar-refractivity contribution is 5.64. The van der Waals surface area contributed by atoms with Crippen molar-refractivity contribution < 1.29 is 4.52 Å². The lowest BCUT2D eigenvalue weighted by Gasteiger charge is -2.18. The van der Waals surface area contributed by atoms with Crippen LogP contribution in [0.25, 0.3) is 17.0 Å². The van der Waals surface area contributed by atoms with E-state index < -0.39 is 0 Å². The van der Waals surface area contributed by atoms with Gasteiger partial charge in [-0.15, -0.1) is 0 Å².